The molecule has 1 amide bonds. The maximum absolute atomic E-state index is 13.3. The number of piperazine rings is 1. The van der Waals surface area contributed by atoms with Gasteiger partial charge in [0.05, 0.1) is 0 Å². The molecule has 1 aliphatic rings. The first-order valence-corrected chi connectivity index (χ1v) is 8.64. The minimum absolute atomic E-state index is 0.205. The van der Waals surface area contributed by atoms with Crippen LogP contribution in [-0.4, -0.2) is 48.4 Å². The van der Waals surface area contributed by atoms with Gasteiger partial charge in [-0.2, -0.15) is 0 Å². The Morgan fingerprint density at radius 1 is 0.920 bits per heavy atom. The third-order valence-corrected chi connectivity index (χ3v) is 4.61. The molecule has 0 spiro atoms. The summed E-state index contributed by atoms with van der Waals surface area (Å²) in [5, 5.41) is 0. The number of carbonyl (C=O) groups excluding carboxylic acids is 1. The average molecular weight is 344 g/mol. The molecule has 0 atom stereocenters. The summed E-state index contributed by atoms with van der Waals surface area (Å²) in [5.74, 6) is -2.15. The maximum Gasteiger partial charge on any atom is 0.254 e. The first-order chi connectivity index (χ1) is 12.1. The molecule has 0 N–H and O–H groups in total. The second kappa shape index (κ2) is 8.21. The van der Waals surface area contributed by atoms with E-state index in [-0.39, 0.29) is 11.5 Å². The van der Waals surface area contributed by atoms with Crippen molar-refractivity contribution in [2.45, 2.75) is 12.8 Å². The standard InChI is InChI=1S/C20H22F2N2O/c21-18-9-8-17(15-19(18)22)20(25)24-13-11-23(12-14-24)10-4-7-16-5-2-1-3-6-16/h1-3,5-6,8-9,15H,4,7,10-14H2. The lowest BCUT2D eigenvalue weighted by atomic mass is 10.1. The minimum Gasteiger partial charge on any atom is -0.336 e. The monoisotopic (exact) mass is 344 g/mol. The number of amides is 1. The molecule has 0 radical (unpaired) electrons. The number of aryl methyl sites for hydroxylation is 1. The SMILES string of the molecule is O=C(c1ccc(F)c(F)c1)N1CCN(CCCc2ccccc2)CC1. The van der Waals surface area contributed by atoms with Gasteiger partial charge in [-0.15, -0.1) is 0 Å². The molecule has 0 bridgehead atoms. The van der Waals surface area contributed by atoms with Gasteiger partial charge in [-0.3, -0.25) is 9.69 Å². The van der Waals surface area contributed by atoms with E-state index in [0.717, 1.165) is 44.6 Å². The first kappa shape index (κ1) is 17.5. The molecule has 1 fully saturated rings. The molecule has 0 saturated carbocycles. The van der Waals surface area contributed by atoms with E-state index in [2.05, 4.69) is 29.2 Å². The van der Waals surface area contributed by atoms with E-state index in [1.165, 1.54) is 11.6 Å². The Morgan fingerprint density at radius 2 is 1.64 bits per heavy atom. The van der Waals surface area contributed by atoms with E-state index in [1.807, 2.05) is 6.07 Å². The molecule has 0 aliphatic carbocycles. The van der Waals surface area contributed by atoms with Gasteiger partial charge in [0.25, 0.3) is 5.91 Å². The van der Waals surface area contributed by atoms with Crippen molar-refractivity contribution in [3.63, 3.8) is 0 Å². The molecule has 3 rings (SSSR count). The lowest BCUT2D eigenvalue weighted by molar-refractivity contribution is 0.0635. The molecule has 1 aliphatic heterocycles. The highest BCUT2D eigenvalue weighted by atomic mass is 19.2. The molecule has 2 aromatic carbocycles. The highest BCUT2D eigenvalue weighted by Crippen LogP contribution is 2.13. The van der Waals surface area contributed by atoms with Crippen LogP contribution in [-0.2, 0) is 6.42 Å². The lowest BCUT2D eigenvalue weighted by Crippen LogP contribution is -2.48. The van der Waals surface area contributed by atoms with Crippen molar-refractivity contribution in [1.29, 1.82) is 0 Å². The van der Waals surface area contributed by atoms with Crippen LogP contribution in [0, 0.1) is 11.6 Å². The molecular formula is C20H22F2N2O. The topological polar surface area (TPSA) is 23.6 Å². The molecule has 1 saturated heterocycles. The Morgan fingerprint density at radius 3 is 2.32 bits per heavy atom. The van der Waals surface area contributed by atoms with Gasteiger partial charge in [0.2, 0.25) is 0 Å². The van der Waals surface area contributed by atoms with Crippen molar-refractivity contribution in [2.24, 2.45) is 0 Å². The molecular weight excluding hydrogens is 322 g/mol. The van der Waals surface area contributed by atoms with E-state index in [9.17, 15) is 13.6 Å². The van der Waals surface area contributed by atoms with Crippen LogP contribution in [0.4, 0.5) is 8.78 Å². The van der Waals surface area contributed by atoms with Crippen LogP contribution in [0.25, 0.3) is 0 Å². The largest absolute Gasteiger partial charge is 0.336 e. The number of hydrogen-bond acceptors (Lipinski definition) is 2. The van der Waals surface area contributed by atoms with Crippen LogP contribution in [0.1, 0.15) is 22.3 Å². The molecule has 2 aromatic rings. The second-order valence-electron chi connectivity index (χ2n) is 6.35. The third-order valence-electron chi connectivity index (χ3n) is 4.61. The number of nitrogens with zero attached hydrogens (tertiary/aromatic N) is 2. The maximum atomic E-state index is 13.3. The van der Waals surface area contributed by atoms with Gasteiger partial charge < -0.3 is 4.90 Å². The van der Waals surface area contributed by atoms with Gasteiger partial charge in [-0.05, 0) is 43.1 Å². The summed E-state index contributed by atoms with van der Waals surface area (Å²) < 4.78 is 26.3. The summed E-state index contributed by atoms with van der Waals surface area (Å²) in [6.07, 6.45) is 2.13. The van der Waals surface area contributed by atoms with Crippen LogP contribution in [0.15, 0.2) is 48.5 Å². The summed E-state index contributed by atoms with van der Waals surface area (Å²) in [6.45, 7) is 3.85. The Kier molecular flexibility index (Phi) is 5.76. The fraction of sp³-hybridized carbons (Fsp3) is 0.350. The van der Waals surface area contributed by atoms with Crippen molar-refractivity contribution in [3.05, 3.63) is 71.3 Å². The zero-order valence-corrected chi connectivity index (χ0v) is 14.1. The predicted octanol–water partition coefficient (Wildman–Crippen LogP) is 3.36. The van der Waals surface area contributed by atoms with Gasteiger partial charge in [-0.25, -0.2) is 8.78 Å². The zero-order valence-electron chi connectivity index (χ0n) is 14.1. The summed E-state index contributed by atoms with van der Waals surface area (Å²) in [7, 11) is 0. The average Bonchev–Trinajstić information content (AvgIpc) is 2.65. The normalized spacial score (nSPS) is 15.4. The van der Waals surface area contributed by atoms with Gasteiger partial charge >= 0.3 is 0 Å². The van der Waals surface area contributed by atoms with Crippen LogP contribution in [0.5, 0.6) is 0 Å². The molecule has 0 aromatic heterocycles. The van der Waals surface area contributed by atoms with Gasteiger partial charge in [0.15, 0.2) is 11.6 Å². The summed E-state index contributed by atoms with van der Waals surface area (Å²) in [4.78, 5) is 16.4. The summed E-state index contributed by atoms with van der Waals surface area (Å²) in [6, 6.07) is 13.7. The fourth-order valence-corrected chi connectivity index (χ4v) is 3.14. The summed E-state index contributed by atoms with van der Waals surface area (Å²) in [5.41, 5.74) is 1.55. The van der Waals surface area contributed by atoms with E-state index >= 15 is 0 Å². The molecule has 3 nitrogen and oxygen atoms in total. The number of benzene rings is 2. The highest BCUT2D eigenvalue weighted by molar-refractivity contribution is 5.94. The number of hydrogen-bond donors (Lipinski definition) is 0. The smallest absolute Gasteiger partial charge is 0.254 e. The Balaban J connectivity index is 1.45. The molecule has 1 heterocycles. The third kappa shape index (κ3) is 4.63. The van der Waals surface area contributed by atoms with E-state index < -0.39 is 11.6 Å². The molecule has 25 heavy (non-hydrogen) atoms. The van der Waals surface area contributed by atoms with Crippen molar-refractivity contribution >= 4 is 5.91 Å². The van der Waals surface area contributed by atoms with Crippen molar-refractivity contribution < 1.29 is 13.6 Å². The number of carbonyl (C=O) groups is 1. The fourth-order valence-electron chi connectivity index (χ4n) is 3.14. The highest BCUT2D eigenvalue weighted by Gasteiger charge is 2.22. The van der Waals surface area contributed by atoms with Crippen molar-refractivity contribution in [2.75, 3.05) is 32.7 Å². The second-order valence-corrected chi connectivity index (χ2v) is 6.35. The number of rotatable bonds is 5. The minimum atomic E-state index is -0.981. The predicted molar refractivity (Wildman–Crippen MR) is 93.5 cm³/mol. The zero-order chi connectivity index (χ0) is 17.6. The molecule has 0 unspecified atom stereocenters. The lowest BCUT2D eigenvalue weighted by Gasteiger charge is -2.34. The van der Waals surface area contributed by atoms with Crippen LogP contribution >= 0.6 is 0 Å². The van der Waals surface area contributed by atoms with Crippen LogP contribution in [0.2, 0.25) is 0 Å². The van der Waals surface area contributed by atoms with Gasteiger partial charge in [0, 0.05) is 31.7 Å². The van der Waals surface area contributed by atoms with Crippen LogP contribution < -0.4 is 0 Å². The van der Waals surface area contributed by atoms with Crippen molar-refractivity contribution in [3.8, 4) is 0 Å². The van der Waals surface area contributed by atoms with Gasteiger partial charge in [-0.1, -0.05) is 30.3 Å². The van der Waals surface area contributed by atoms with E-state index in [4.69, 9.17) is 0 Å². The van der Waals surface area contributed by atoms with E-state index in [0.29, 0.717) is 13.1 Å². The quantitative estimate of drug-likeness (QED) is 0.830. The Hall–Kier alpha value is -2.27. The molecule has 132 valence electrons. The van der Waals surface area contributed by atoms with Gasteiger partial charge in [0.1, 0.15) is 0 Å². The van der Waals surface area contributed by atoms with Crippen molar-refractivity contribution in [1.82, 2.24) is 9.80 Å². The Bertz CT molecular complexity index is 713. The first-order valence-electron chi connectivity index (χ1n) is 8.64. The Labute approximate surface area is 146 Å². The summed E-state index contributed by atoms with van der Waals surface area (Å²) >= 11 is 0. The number of halogens is 2. The molecule has 5 heteroatoms. The van der Waals surface area contributed by atoms with Crippen LogP contribution in [0.3, 0.4) is 0 Å². The van der Waals surface area contributed by atoms with E-state index in [1.54, 1.807) is 4.90 Å².